The first-order valence-electron chi connectivity index (χ1n) is 5.14. The van der Waals surface area contributed by atoms with E-state index < -0.39 is 5.97 Å². The van der Waals surface area contributed by atoms with E-state index in [1.54, 1.807) is 0 Å². The number of nitrogens with zero attached hydrogens (tertiary/aromatic N) is 1. The Morgan fingerprint density at radius 2 is 2.31 bits per heavy atom. The number of carboxylic acids is 1. The van der Waals surface area contributed by atoms with Crippen LogP contribution < -0.4 is 0 Å². The van der Waals surface area contributed by atoms with Crippen LogP contribution in [0, 0.1) is 0 Å². The summed E-state index contributed by atoms with van der Waals surface area (Å²) in [5, 5.41) is 8.83. The van der Waals surface area contributed by atoms with Gasteiger partial charge in [0, 0.05) is 37.4 Å². The zero-order valence-electron chi connectivity index (χ0n) is 9.06. The van der Waals surface area contributed by atoms with Crippen molar-refractivity contribution in [2.75, 3.05) is 13.6 Å². The molecule has 0 saturated carbocycles. The van der Waals surface area contributed by atoms with Crippen molar-refractivity contribution >= 4 is 11.8 Å². The maximum Gasteiger partial charge on any atom is 0.307 e. The van der Waals surface area contributed by atoms with E-state index in [1.807, 2.05) is 30.3 Å². The second-order valence-corrected chi connectivity index (χ2v) is 4.08. The van der Waals surface area contributed by atoms with Gasteiger partial charge in [0.2, 0.25) is 0 Å². The number of aliphatic carboxylic acids is 1. The van der Waals surface area contributed by atoms with Crippen LogP contribution in [0.1, 0.15) is 12.8 Å². The monoisotopic (exact) mass is 219 g/mol. The summed E-state index contributed by atoms with van der Waals surface area (Å²) in [5.41, 5.74) is 2.16. The van der Waals surface area contributed by atoms with Crippen LogP contribution in [0.2, 0.25) is 0 Å². The van der Waals surface area contributed by atoms with Gasteiger partial charge < -0.3 is 10.0 Å². The molecule has 16 heavy (non-hydrogen) atoms. The molecule has 0 amide bonds. The van der Waals surface area contributed by atoms with Crippen LogP contribution in [0.25, 0.3) is 0 Å². The number of fused-ring (bicyclic) bond motifs is 1. The topological polar surface area (TPSA) is 57.6 Å². The number of allylic oxidation sites excluding steroid dienone is 4. The minimum atomic E-state index is -0.889. The standard InChI is InChI=1S/C12H13NO3/c1-13-6-8-3-2-4-10(14)12(8)9(7-13)5-11(15)16/h2-3,6H,4-5,7H2,1H3,(H,15,16). The third-order valence-corrected chi connectivity index (χ3v) is 2.69. The van der Waals surface area contributed by atoms with Gasteiger partial charge in [-0.25, -0.2) is 0 Å². The minimum absolute atomic E-state index is 0.0260. The lowest BCUT2D eigenvalue weighted by Crippen LogP contribution is -2.26. The second-order valence-electron chi connectivity index (χ2n) is 4.08. The number of hydrogen-bond acceptors (Lipinski definition) is 3. The van der Waals surface area contributed by atoms with Crippen molar-refractivity contribution in [2.24, 2.45) is 0 Å². The van der Waals surface area contributed by atoms with Crippen molar-refractivity contribution in [1.82, 2.24) is 4.90 Å². The van der Waals surface area contributed by atoms with Gasteiger partial charge in [0.05, 0.1) is 6.42 Å². The Morgan fingerprint density at radius 3 is 3.00 bits per heavy atom. The molecule has 84 valence electrons. The fourth-order valence-corrected chi connectivity index (χ4v) is 2.14. The molecule has 2 aliphatic rings. The summed E-state index contributed by atoms with van der Waals surface area (Å²) in [7, 11) is 1.87. The number of carbonyl (C=O) groups excluding carboxylic acids is 1. The number of Topliss-reactive ketones (excluding diaryl/α,β-unsaturated/α-hetero) is 1. The van der Waals surface area contributed by atoms with Crippen molar-refractivity contribution in [3.63, 3.8) is 0 Å². The fourth-order valence-electron chi connectivity index (χ4n) is 2.14. The third-order valence-electron chi connectivity index (χ3n) is 2.69. The highest BCUT2D eigenvalue weighted by molar-refractivity contribution is 6.04. The number of ketones is 1. The summed E-state index contributed by atoms with van der Waals surface area (Å²) in [6.45, 7) is 0.519. The molecule has 1 heterocycles. The molecular formula is C12H13NO3. The molecule has 0 fully saturated rings. The predicted octanol–water partition coefficient (Wildman–Crippen LogP) is 1.12. The van der Waals surface area contributed by atoms with Gasteiger partial charge in [-0.05, 0) is 5.57 Å². The van der Waals surface area contributed by atoms with Gasteiger partial charge in [0.25, 0.3) is 0 Å². The summed E-state index contributed by atoms with van der Waals surface area (Å²) in [4.78, 5) is 24.4. The highest BCUT2D eigenvalue weighted by Crippen LogP contribution is 2.29. The molecule has 0 spiro atoms. The summed E-state index contributed by atoms with van der Waals surface area (Å²) >= 11 is 0. The van der Waals surface area contributed by atoms with Gasteiger partial charge in [-0.3, -0.25) is 9.59 Å². The van der Waals surface area contributed by atoms with E-state index in [-0.39, 0.29) is 12.2 Å². The first-order valence-corrected chi connectivity index (χ1v) is 5.14. The molecule has 0 saturated heterocycles. The first kappa shape index (κ1) is 10.7. The Bertz CT molecular complexity index is 443. The van der Waals surface area contributed by atoms with Crippen LogP contribution in [-0.4, -0.2) is 35.4 Å². The fraction of sp³-hybridized carbons (Fsp3) is 0.333. The van der Waals surface area contributed by atoms with Gasteiger partial charge in [-0.2, -0.15) is 0 Å². The summed E-state index contributed by atoms with van der Waals surface area (Å²) in [6.07, 6.45) is 5.90. The van der Waals surface area contributed by atoms with Crippen LogP contribution in [0.3, 0.4) is 0 Å². The second kappa shape index (κ2) is 3.96. The Hall–Kier alpha value is -1.84. The van der Waals surface area contributed by atoms with E-state index in [0.717, 1.165) is 5.57 Å². The number of likely N-dealkylation sites (N-methyl/N-ethyl adjacent to an activating group) is 1. The predicted molar refractivity (Wildman–Crippen MR) is 58.8 cm³/mol. The van der Waals surface area contributed by atoms with Crippen molar-refractivity contribution in [3.05, 3.63) is 35.1 Å². The lowest BCUT2D eigenvalue weighted by atomic mass is 9.87. The van der Waals surface area contributed by atoms with E-state index in [9.17, 15) is 9.59 Å². The van der Waals surface area contributed by atoms with E-state index in [2.05, 4.69) is 0 Å². The summed E-state index contributed by atoms with van der Waals surface area (Å²) in [5.74, 6) is -0.863. The summed E-state index contributed by atoms with van der Waals surface area (Å²) in [6, 6.07) is 0. The Kier molecular flexibility index (Phi) is 2.64. The van der Waals surface area contributed by atoms with Crippen LogP contribution in [0.15, 0.2) is 35.1 Å². The lowest BCUT2D eigenvalue weighted by molar-refractivity contribution is -0.136. The maximum absolute atomic E-state index is 11.8. The molecular weight excluding hydrogens is 206 g/mol. The van der Waals surface area contributed by atoms with E-state index >= 15 is 0 Å². The average molecular weight is 219 g/mol. The third kappa shape index (κ3) is 1.91. The van der Waals surface area contributed by atoms with Crippen LogP contribution in [-0.2, 0) is 9.59 Å². The van der Waals surface area contributed by atoms with Crippen molar-refractivity contribution < 1.29 is 14.7 Å². The van der Waals surface area contributed by atoms with Gasteiger partial charge in [0.15, 0.2) is 5.78 Å². The van der Waals surface area contributed by atoms with Gasteiger partial charge in [-0.1, -0.05) is 12.2 Å². The maximum atomic E-state index is 11.8. The molecule has 0 unspecified atom stereocenters. The van der Waals surface area contributed by atoms with Gasteiger partial charge in [0.1, 0.15) is 0 Å². The highest BCUT2D eigenvalue weighted by Gasteiger charge is 2.25. The Balaban J connectivity index is 2.45. The molecule has 0 bridgehead atoms. The quantitative estimate of drug-likeness (QED) is 0.756. The van der Waals surface area contributed by atoms with Gasteiger partial charge >= 0.3 is 5.97 Å². The molecule has 0 radical (unpaired) electrons. The highest BCUT2D eigenvalue weighted by atomic mass is 16.4. The van der Waals surface area contributed by atoms with E-state index in [4.69, 9.17) is 5.11 Å². The minimum Gasteiger partial charge on any atom is -0.481 e. The van der Waals surface area contributed by atoms with Crippen LogP contribution >= 0.6 is 0 Å². The zero-order chi connectivity index (χ0) is 11.7. The molecule has 0 aromatic heterocycles. The van der Waals surface area contributed by atoms with E-state index in [1.165, 1.54) is 0 Å². The molecule has 2 rings (SSSR count). The van der Waals surface area contributed by atoms with Crippen molar-refractivity contribution in [1.29, 1.82) is 0 Å². The molecule has 1 aliphatic heterocycles. The smallest absolute Gasteiger partial charge is 0.307 e. The average Bonchev–Trinajstić information content (AvgIpc) is 2.15. The zero-order valence-corrected chi connectivity index (χ0v) is 9.06. The number of carbonyl (C=O) groups is 2. The number of carboxylic acid groups (broad SMARTS) is 1. The van der Waals surface area contributed by atoms with Crippen LogP contribution in [0.4, 0.5) is 0 Å². The largest absolute Gasteiger partial charge is 0.481 e. The van der Waals surface area contributed by atoms with Crippen LogP contribution in [0.5, 0.6) is 0 Å². The van der Waals surface area contributed by atoms with E-state index in [0.29, 0.717) is 24.1 Å². The van der Waals surface area contributed by atoms with Crippen molar-refractivity contribution in [3.8, 4) is 0 Å². The lowest BCUT2D eigenvalue weighted by Gasteiger charge is -2.27. The molecule has 1 N–H and O–H groups in total. The summed E-state index contributed by atoms with van der Waals surface area (Å²) < 4.78 is 0. The molecule has 1 aliphatic carbocycles. The molecule has 0 aromatic rings. The number of hydrogen-bond donors (Lipinski definition) is 1. The van der Waals surface area contributed by atoms with Gasteiger partial charge in [-0.15, -0.1) is 0 Å². The Morgan fingerprint density at radius 1 is 1.56 bits per heavy atom. The SMILES string of the molecule is CN1C=C2C=CCC(=O)C2=C(CC(=O)O)C1. The van der Waals surface area contributed by atoms with Crippen molar-refractivity contribution in [2.45, 2.75) is 12.8 Å². The normalized spacial score (nSPS) is 19.7. The molecule has 4 nitrogen and oxygen atoms in total. The molecule has 4 heteroatoms. The first-order chi connectivity index (χ1) is 7.58. The Labute approximate surface area is 93.6 Å². The molecule has 0 aromatic carbocycles. The number of rotatable bonds is 2. The molecule has 0 atom stereocenters.